The second-order valence-electron chi connectivity index (χ2n) is 1.71. The number of hydrogen-bond acceptors (Lipinski definition) is 2. The lowest BCUT2D eigenvalue weighted by molar-refractivity contribution is 0.655. The summed E-state index contributed by atoms with van der Waals surface area (Å²) in [5, 5.41) is 0. The fraction of sp³-hybridized carbons (Fsp3) is 0.400. The van der Waals surface area contributed by atoms with E-state index in [1.54, 1.807) is 0 Å². The van der Waals surface area contributed by atoms with Crippen LogP contribution in [0.25, 0.3) is 0 Å². The third-order valence-electron chi connectivity index (χ3n) is 0.904. The number of hydrogen-bond donors (Lipinski definition) is 1. The predicted octanol–water partition coefficient (Wildman–Crippen LogP) is 0.252. The van der Waals surface area contributed by atoms with Crippen LogP contribution in [0, 0.1) is 0 Å². The summed E-state index contributed by atoms with van der Waals surface area (Å²) in [5.41, 5.74) is 5.30. The molecule has 1 atom stereocenters. The van der Waals surface area contributed by atoms with Crippen LogP contribution >= 0.6 is 0 Å². The summed E-state index contributed by atoms with van der Waals surface area (Å²) in [6.07, 6.45) is 2.54. The molecule has 2 nitrogen and oxygen atoms in total. The van der Waals surface area contributed by atoms with Crippen molar-refractivity contribution in [1.29, 1.82) is 0 Å². The van der Waals surface area contributed by atoms with E-state index in [1.807, 2.05) is 0 Å². The SMILES string of the molecule is NC1C=C(F)C=NC1. The van der Waals surface area contributed by atoms with Gasteiger partial charge < -0.3 is 5.73 Å². The zero-order valence-corrected chi connectivity index (χ0v) is 4.34. The third-order valence-corrected chi connectivity index (χ3v) is 0.904. The summed E-state index contributed by atoms with van der Waals surface area (Å²) in [7, 11) is 0. The van der Waals surface area contributed by atoms with Crippen LogP contribution in [0.3, 0.4) is 0 Å². The van der Waals surface area contributed by atoms with E-state index in [1.165, 1.54) is 12.3 Å². The number of nitrogens with zero attached hydrogens (tertiary/aromatic N) is 1. The van der Waals surface area contributed by atoms with Gasteiger partial charge in [-0.25, -0.2) is 4.39 Å². The Morgan fingerprint density at radius 2 is 2.62 bits per heavy atom. The summed E-state index contributed by atoms with van der Waals surface area (Å²) in [5.74, 6) is -0.330. The Kier molecular flexibility index (Phi) is 1.39. The van der Waals surface area contributed by atoms with Gasteiger partial charge in [0.05, 0.1) is 12.8 Å². The summed E-state index contributed by atoms with van der Waals surface area (Å²) in [6, 6.07) is -0.222. The fourth-order valence-electron chi connectivity index (χ4n) is 0.562. The van der Waals surface area contributed by atoms with E-state index in [2.05, 4.69) is 4.99 Å². The minimum atomic E-state index is -0.330. The average molecular weight is 114 g/mol. The molecule has 44 valence electrons. The number of allylic oxidation sites excluding steroid dienone is 1. The summed E-state index contributed by atoms with van der Waals surface area (Å²) in [4.78, 5) is 3.65. The molecule has 0 aromatic carbocycles. The maximum absolute atomic E-state index is 12.1. The van der Waals surface area contributed by atoms with Gasteiger partial charge in [-0.2, -0.15) is 0 Å². The van der Waals surface area contributed by atoms with Crippen LogP contribution in [0.5, 0.6) is 0 Å². The molecular formula is C5H7FN2. The first kappa shape index (κ1) is 5.44. The molecule has 0 bridgehead atoms. The van der Waals surface area contributed by atoms with E-state index in [9.17, 15) is 4.39 Å². The molecule has 0 aliphatic carbocycles. The highest BCUT2D eigenvalue weighted by Crippen LogP contribution is 1.99. The van der Waals surface area contributed by atoms with E-state index in [4.69, 9.17) is 5.73 Å². The summed E-state index contributed by atoms with van der Waals surface area (Å²) < 4.78 is 12.1. The zero-order chi connectivity index (χ0) is 5.98. The molecule has 8 heavy (non-hydrogen) atoms. The van der Waals surface area contributed by atoms with Crippen molar-refractivity contribution in [2.24, 2.45) is 10.7 Å². The van der Waals surface area contributed by atoms with Crippen molar-refractivity contribution in [3.63, 3.8) is 0 Å². The summed E-state index contributed by atoms with van der Waals surface area (Å²) in [6.45, 7) is 0.507. The van der Waals surface area contributed by atoms with E-state index >= 15 is 0 Å². The van der Waals surface area contributed by atoms with Gasteiger partial charge in [-0.3, -0.25) is 4.99 Å². The van der Waals surface area contributed by atoms with Gasteiger partial charge >= 0.3 is 0 Å². The Bertz CT molecular complexity index is 139. The molecule has 1 unspecified atom stereocenters. The fourth-order valence-corrected chi connectivity index (χ4v) is 0.562. The van der Waals surface area contributed by atoms with Gasteiger partial charge in [0.1, 0.15) is 5.83 Å². The van der Waals surface area contributed by atoms with Crippen molar-refractivity contribution >= 4 is 6.21 Å². The average Bonchev–Trinajstić information content (AvgIpc) is 1.64. The minimum Gasteiger partial charge on any atom is -0.323 e. The molecule has 1 rings (SSSR count). The van der Waals surface area contributed by atoms with Crippen LogP contribution in [0.4, 0.5) is 4.39 Å². The molecule has 1 aliphatic rings. The van der Waals surface area contributed by atoms with Gasteiger partial charge in [0.2, 0.25) is 0 Å². The topological polar surface area (TPSA) is 38.4 Å². The molecule has 0 fully saturated rings. The quantitative estimate of drug-likeness (QED) is 0.481. The molecule has 0 spiro atoms. The van der Waals surface area contributed by atoms with E-state index in [-0.39, 0.29) is 11.9 Å². The van der Waals surface area contributed by atoms with Gasteiger partial charge in [-0.05, 0) is 6.08 Å². The van der Waals surface area contributed by atoms with Crippen molar-refractivity contribution in [2.75, 3.05) is 6.54 Å². The minimum absolute atomic E-state index is 0.222. The van der Waals surface area contributed by atoms with Crippen LogP contribution in [-0.2, 0) is 0 Å². The first-order valence-corrected chi connectivity index (χ1v) is 2.42. The Balaban J connectivity index is 2.63. The smallest absolute Gasteiger partial charge is 0.138 e. The Morgan fingerprint density at radius 3 is 3.00 bits per heavy atom. The van der Waals surface area contributed by atoms with Crippen molar-refractivity contribution in [3.05, 3.63) is 11.9 Å². The number of dihydropyridines is 1. The van der Waals surface area contributed by atoms with Gasteiger partial charge in [0.15, 0.2) is 0 Å². The van der Waals surface area contributed by atoms with Crippen molar-refractivity contribution in [3.8, 4) is 0 Å². The second kappa shape index (κ2) is 2.05. The zero-order valence-electron chi connectivity index (χ0n) is 4.34. The van der Waals surface area contributed by atoms with Gasteiger partial charge in [-0.1, -0.05) is 0 Å². The number of halogens is 1. The van der Waals surface area contributed by atoms with Crippen molar-refractivity contribution in [2.45, 2.75) is 6.04 Å². The second-order valence-corrected chi connectivity index (χ2v) is 1.71. The standard InChI is InChI=1S/C5H7FN2/c6-4-1-5(7)3-8-2-4/h1-2,5H,3,7H2. The number of rotatable bonds is 0. The first-order chi connectivity index (χ1) is 3.79. The molecule has 0 radical (unpaired) electrons. The van der Waals surface area contributed by atoms with Crippen LogP contribution in [0.1, 0.15) is 0 Å². The Hall–Kier alpha value is -0.700. The van der Waals surface area contributed by atoms with Crippen LogP contribution in [0.2, 0.25) is 0 Å². The normalized spacial score (nSPS) is 27.8. The van der Waals surface area contributed by atoms with Crippen LogP contribution in [-0.4, -0.2) is 18.8 Å². The third kappa shape index (κ3) is 1.13. The number of nitrogens with two attached hydrogens (primary N) is 1. The lowest BCUT2D eigenvalue weighted by Gasteiger charge is -2.04. The summed E-state index contributed by atoms with van der Waals surface area (Å²) >= 11 is 0. The van der Waals surface area contributed by atoms with Crippen LogP contribution in [0.15, 0.2) is 16.9 Å². The number of aliphatic imine (C=N–C) groups is 1. The Labute approximate surface area is 46.9 Å². The highest BCUT2D eigenvalue weighted by molar-refractivity contribution is 5.76. The first-order valence-electron chi connectivity index (χ1n) is 2.42. The maximum Gasteiger partial charge on any atom is 0.138 e. The molecular weight excluding hydrogens is 107 g/mol. The molecule has 1 aliphatic heterocycles. The lowest BCUT2D eigenvalue weighted by atomic mass is 10.2. The molecule has 0 saturated heterocycles. The molecule has 0 aromatic rings. The van der Waals surface area contributed by atoms with Crippen LogP contribution < -0.4 is 5.73 Å². The predicted molar refractivity (Wildman–Crippen MR) is 30.5 cm³/mol. The van der Waals surface area contributed by atoms with E-state index < -0.39 is 0 Å². The van der Waals surface area contributed by atoms with E-state index in [0.717, 1.165) is 0 Å². The highest BCUT2D eigenvalue weighted by Gasteiger charge is 2.02. The van der Waals surface area contributed by atoms with Crippen molar-refractivity contribution < 1.29 is 4.39 Å². The van der Waals surface area contributed by atoms with Gasteiger partial charge in [-0.15, -0.1) is 0 Å². The molecule has 0 aromatic heterocycles. The maximum atomic E-state index is 12.1. The molecule has 2 N–H and O–H groups in total. The molecule has 1 heterocycles. The van der Waals surface area contributed by atoms with E-state index in [0.29, 0.717) is 6.54 Å². The molecule has 0 amide bonds. The Morgan fingerprint density at radius 1 is 1.88 bits per heavy atom. The van der Waals surface area contributed by atoms with Gasteiger partial charge in [0, 0.05) is 6.04 Å². The highest BCUT2D eigenvalue weighted by atomic mass is 19.1. The largest absolute Gasteiger partial charge is 0.323 e. The molecule has 0 saturated carbocycles. The van der Waals surface area contributed by atoms with Crippen molar-refractivity contribution in [1.82, 2.24) is 0 Å². The molecule has 3 heteroatoms. The lowest BCUT2D eigenvalue weighted by Crippen LogP contribution is -2.23. The van der Waals surface area contributed by atoms with Gasteiger partial charge in [0.25, 0.3) is 0 Å². The monoisotopic (exact) mass is 114 g/mol.